The van der Waals surface area contributed by atoms with E-state index in [4.69, 9.17) is 14.2 Å². The van der Waals surface area contributed by atoms with Crippen molar-refractivity contribution in [1.82, 2.24) is 0 Å². The molecule has 2 aliphatic carbocycles. The van der Waals surface area contributed by atoms with E-state index < -0.39 is 0 Å². The summed E-state index contributed by atoms with van der Waals surface area (Å²) in [4.78, 5) is 12.1. The Morgan fingerprint density at radius 2 is 1.96 bits per heavy atom. The van der Waals surface area contributed by atoms with Crippen LogP contribution in [0.5, 0.6) is 0 Å². The first kappa shape index (κ1) is 17.5. The molecular formula is C21H32O4. The smallest absolute Gasteiger partial charge is 0.336 e. The van der Waals surface area contributed by atoms with Crippen LogP contribution in [0, 0.1) is 22.7 Å². The summed E-state index contributed by atoms with van der Waals surface area (Å²) in [5.41, 5.74) is 1.45. The summed E-state index contributed by atoms with van der Waals surface area (Å²) in [5, 5.41) is 0. The fourth-order valence-corrected chi connectivity index (χ4v) is 6.33. The molecule has 2 heterocycles. The molecule has 2 aliphatic heterocycles. The van der Waals surface area contributed by atoms with Crippen molar-refractivity contribution in [1.29, 1.82) is 0 Å². The van der Waals surface area contributed by atoms with Crippen LogP contribution in [0.25, 0.3) is 0 Å². The maximum absolute atomic E-state index is 12.1. The van der Waals surface area contributed by atoms with Crippen LogP contribution < -0.4 is 0 Å². The molecule has 4 nitrogen and oxygen atoms in total. The minimum atomic E-state index is -0.241. The van der Waals surface area contributed by atoms with Crippen LogP contribution >= 0.6 is 0 Å². The number of allylic oxidation sites excluding steroid dienone is 1. The molecule has 0 aromatic rings. The standard InChI is InChI=1S/C21H32O4/c1-19(2)9-5-10-20(3)16(19)8-11-21(13-25-21)17(20)7-6-14(15-12-24-15)18(22)23-4/h6,15-17H,5,7-13H2,1-4H3. The van der Waals surface area contributed by atoms with Crippen LogP contribution in [0.2, 0.25) is 0 Å². The lowest BCUT2D eigenvalue weighted by Gasteiger charge is -2.59. The van der Waals surface area contributed by atoms with Crippen molar-refractivity contribution in [2.45, 2.75) is 71.0 Å². The van der Waals surface area contributed by atoms with Crippen molar-refractivity contribution in [3.63, 3.8) is 0 Å². The van der Waals surface area contributed by atoms with Crippen molar-refractivity contribution in [2.24, 2.45) is 22.7 Å². The third-order valence-electron chi connectivity index (χ3n) is 7.75. The molecule has 5 unspecified atom stereocenters. The normalized spacial score (nSPS) is 45.0. The third-order valence-corrected chi connectivity index (χ3v) is 7.75. The Labute approximate surface area is 151 Å². The Kier molecular flexibility index (Phi) is 4.08. The summed E-state index contributed by atoms with van der Waals surface area (Å²) in [5.74, 6) is 0.979. The van der Waals surface area contributed by atoms with E-state index in [1.165, 1.54) is 39.2 Å². The van der Waals surface area contributed by atoms with Crippen molar-refractivity contribution in [3.05, 3.63) is 11.6 Å². The van der Waals surface area contributed by atoms with Gasteiger partial charge in [0.2, 0.25) is 0 Å². The minimum Gasteiger partial charge on any atom is -0.466 e. The second kappa shape index (κ2) is 5.82. The molecule has 0 bridgehead atoms. The quantitative estimate of drug-likeness (QED) is 0.439. The highest BCUT2D eigenvalue weighted by atomic mass is 16.6. The topological polar surface area (TPSA) is 51.4 Å². The number of carbonyl (C=O) groups excluding carboxylic acids is 1. The number of carbonyl (C=O) groups is 1. The summed E-state index contributed by atoms with van der Waals surface area (Å²) in [6, 6.07) is 0. The molecule has 2 saturated heterocycles. The van der Waals surface area contributed by atoms with E-state index >= 15 is 0 Å². The van der Waals surface area contributed by atoms with Crippen LogP contribution in [0.4, 0.5) is 0 Å². The molecule has 0 aromatic heterocycles. The number of ether oxygens (including phenoxy) is 3. The average Bonchev–Trinajstić information content (AvgIpc) is 3.45. The first-order valence-electron chi connectivity index (χ1n) is 9.86. The second-order valence-electron chi connectivity index (χ2n) is 9.55. The highest BCUT2D eigenvalue weighted by molar-refractivity contribution is 5.90. The Morgan fingerprint density at radius 1 is 1.24 bits per heavy atom. The lowest BCUT2D eigenvalue weighted by atomic mass is 9.46. The molecule has 5 atom stereocenters. The Bertz CT molecular complexity index is 585. The van der Waals surface area contributed by atoms with E-state index in [9.17, 15) is 4.79 Å². The lowest BCUT2D eigenvalue weighted by Crippen LogP contribution is -2.54. The van der Waals surface area contributed by atoms with Crippen LogP contribution in [0.15, 0.2) is 11.6 Å². The Balaban J connectivity index is 1.62. The highest BCUT2D eigenvalue weighted by Crippen LogP contribution is 2.66. The second-order valence-corrected chi connectivity index (χ2v) is 9.55. The highest BCUT2D eigenvalue weighted by Gasteiger charge is 2.64. The van der Waals surface area contributed by atoms with Gasteiger partial charge in [0.05, 0.1) is 31.5 Å². The zero-order valence-electron chi connectivity index (χ0n) is 16.1. The van der Waals surface area contributed by atoms with E-state index in [1.54, 1.807) is 0 Å². The zero-order chi connectivity index (χ0) is 17.9. The van der Waals surface area contributed by atoms with Gasteiger partial charge in [-0.15, -0.1) is 0 Å². The van der Waals surface area contributed by atoms with Crippen LogP contribution in [-0.4, -0.2) is 38.0 Å². The molecule has 0 radical (unpaired) electrons. The van der Waals surface area contributed by atoms with E-state index in [-0.39, 0.29) is 17.7 Å². The van der Waals surface area contributed by atoms with Gasteiger partial charge in [-0.2, -0.15) is 0 Å². The molecular weight excluding hydrogens is 316 g/mol. The number of hydrogen-bond acceptors (Lipinski definition) is 4. The largest absolute Gasteiger partial charge is 0.466 e. The van der Waals surface area contributed by atoms with Gasteiger partial charge in [0, 0.05) is 0 Å². The number of hydrogen-bond donors (Lipinski definition) is 0. The van der Waals surface area contributed by atoms with Gasteiger partial charge >= 0.3 is 5.97 Å². The average molecular weight is 348 g/mol. The number of epoxide rings is 2. The summed E-state index contributed by atoms with van der Waals surface area (Å²) in [6.45, 7) is 8.92. The van der Waals surface area contributed by atoms with E-state index in [2.05, 4.69) is 26.8 Å². The summed E-state index contributed by atoms with van der Waals surface area (Å²) < 4.78 is 16.4. The van der Waals surface area contributed by atoms with Gasteiger partial charge in [0.15, 0.2) is 0 Å². The predicted octanol–water partition coefficient (Wildman–Crippen LogP) is 3.89. The van der Waals surface area contributed by atoms with Gasteiger partial charge in [-0.1, -0.05) is 33.3 Å². The fourth-order valence-electron chi connectivity index (χ4n) is 6.33. The summed E-state index contributed by atoms with van der Waals surface area (Å²) >= 11 is 0. The lowest BCUT2D eigenvalue weighted by molar-refractivity contribution is -0.136. The minimum absolute atomic E-state index is 0.0564. The van der Waals surface area contributed by atoms with Gasteiger partial charge in [0.1, 0.15) is 6.10 Å². The number of fused-ring (bicyclic) bond motifs is 1. The van der Waals surface area contributed by atoms with Gasteiger partial charge in [-0.05, 0) is 54.8 Å². The van der Waals surface area contributed by atoms with Crippen molar-refractivity contribution < 1.29 is 19.0 Å². The fraction of sp³-hybridized carbons (Fsp3) is 0.857. The molecule has 0 aromatic carbocycles. The molecule has 0 amide bonds. The monoisotopic (exact) mass is 348 g/mol. The van der Waals surface area contributed by atoms with Crippen LogP contribution in [-0.2, 0) is 19.0 Å². The van der Waals surface area contributed by atoms with Gasteiger partial charge in [-0.25, -0.2) is 4.79 Å². The molecule has 1 spiro atoms. The molecule has 140 valence electrons. The van der Waals surface area contributed by atoms with E-state index in [1.807, 2.05) is 0 Å². The maximum Gasteiger partial charge on any atom is 0.336 e. The predicted molar refractivity (Wildman–Crippen MR) is 95.1 cm³/mol. The molecule has 4 aliphatic rings. The molecule has 25 heavy (non-hydrogen) atoms. The maximum atomic E-state index is 12.1. The van der Waals surface area contributed by atoms with Gasteiger partial charge in [-0.3, -0.25) is 0 Å². The zero-order valence-corrected chi connectivity index (χ0v) is 16.1. The van der Waals surface area contributed by atoms with Gasteiger partial charge in [0.25, 0.3) is 0 Å². The summed E-state index contributed by atoms with van der Waals surface area (Å²) in [7, 11) is 1.45. The number of rotatable bonds is 4. The molecule has 2 saturated carbocycles. The first-order chi connectivity index (χ1) is 11.8. The SMILES string of the molecule is COC(=O)C(=CCC1C2(CCC3C(C)(C)CCCC31C)CO2)C1CO1. The number of esters is 1. The van der Waals surface area contributed by atoms with Crippen molar-refractivity contribution in [2.75, 3.05) is 20.3 Å². The van der Waals surface area contributed by atoms with E-state index in [0.717, 1.165) is 18.9 Å². The van der Waals surface area contributed by atoms with Gasteiger partial charge < -0.3 is 14.2 Å². The van der Waals surface area contributed by atoms with Crippen LogP contribution in [0.1, 0.15) is 59.3 Å². The summed E-state index contributed by atoms with van der Waals surface area (Å²) in [6.07, 6.45) is 9.29. The van der Waals surface area contributed by atoms with E-state index in [0.29, 0.717) is 28.9 Å². The Hall–Kier alpha value is -0.870. The molecule has 4 fully saturated rings. The van der Waals surface area contributed by atoms with Crippen molar-refractivity contribution >= 4 is 5.97 Å². The number of methoxy groups -OCH3 is 1. The molecule has 0 N–H and O–H groups in total. The van der Waals surface area contributed by atoms with Crippen molar-refractivity contribution in [3.8, 4) is 0 Å². The van der Waals surface area contributed by atoms with Crippen LogP contribution in [0.3, 0.4) is 0 Å². The molecule has 4 heteroatoms. The first-order valence-corrected chi connectivity index (χ1v) is 9.86. The molecule has 4 rings (SSSR count). The third kappa shape index (κ3) is 2.86. The Morgan fingerprint density at radius 3 is 2.56 bits per heavy atom.